The van der Waals surface area contributed by atoms with Gasteiger partial charge in [-0.05, 0) is 68.9 Å². The van der Waals surface area contributed by atoms with E-state index >= 15 is 0 Å². The molecule has 0 aromatic heterocycles. The van der Waals surface area contributed by atoms with Crippen LogP contribution in [0.15, 0.2) is 53.4 Å². The van der Waals surface area contributed by atoms with Crippen LogP contribution in [-0.2, 0) is 4.79 Å². The number of carbonyl (C=O) groups excluding carboxylic acids is 1. The van der Waals surface area contributed by atoms with Gasteiger partial charge in [-0.3, -0.25) is 4.79 Å². The molecule has 1 aromatic carbocycles. The molecule has 0 saturated carbocycles. The van der Waals surface area contributed by atoms with Crippen molar-refractivity contribution in [3.8, 4) is 0 Å². The Morgan fingerprint density at radius 3 is 2.73 bits per heavy atom. The van der Waals surface area contributed by atoms with Gasteiger partial charge in [0.05, 0.1) is 0 Å². The van der Waals surface area contributed by atoms with Crippen LogP contribution in [0.3, 0.4) is 0 Å². The van der Waals surface area contributed by atoms with E-state index in [0.29, 0.717) is 5.71 Å². The minimum absolute atomic E-state index is 0.0477. The second-order valence-electron chi connectivity index (χ2n) is 8.59. The molecule has 1 unspecified atom stereocenters. The summed E-state index contributed by atoms with van der Waals surface area (Å²) in [6, 6.07) is 6.64. The molecule has 1 amide bonds. The molecule has 30 heavy (non-hydrogen) atoms. The zero-order chi connectivity index (χ0) is 21.8. The van der Waals surface area contributed by atoms with Crippen molar-refractivity contribution >= 4 is 17.2 Å². The number of hydrogen-bond acceptors (Lipinski definition) is 3. The number of amides is 1. The Hall–Kier alpha value is -2.62. The predicted molar refractivity (Wildman–Crippen MR) is 126 cm³/mol. The highest BCUT2D eigenvalue weighted by molar-refractivity contribution is 6.43. The van der Waals surface area contributed by atoms with Crippen molar-refractivity contribution in [3.63, 3.8) is 0 Å². The Kier molecular flexibility index (Phi) is 6.96. The lowest BCUT2D eigenvalue weighted by atomic mass is 9.99. The van der Waals surface area contributed by atoms with Crippen LogP contribution >= 0.6 is 0 Å². The van der Waals surface area contributed by atoms with Gasteiger partial charge in [-0.25, -0.2) is 4.99 Å². The lowest BCUT2D eigenvalue weighted by Crippen LogP contribution is -2.43. The van der Waals surface area contributed by atoms with Crippen molar-refractivity contribution in [2.45, 2.75) is 65.8 Å². The fraction of sp³-hybridized carbons (Fsp3) is 0.462. The summed E-state index contributed by atoms with van der Waals surface area (Å²) < 4.78 is 0. The van der Waals surface area contributed by atoms with E-state index in [2.05, 4.69) is 57.4 Å². The molecule has 0 radical (unpaired) electrons. The average molecular weight is 406 g/mol. The van der Waals surface area contributed by atoms with E-state index in [1.807, 2.05) is 24.1 Å². The number of hydrogen-bond donors (Lipinski definition) is 0. The van der Waals surface area contributed by atoms with Gasteiger partial charge >= 0.3 is 0 Å². The van der Waals surface area contributed by atoms with Crippen molar-refractivity contribution in [2.75, 3.05) is 13.6 Å². The van der Waals surface area contributed by atoms with E-state index in [1.165, 1.54) is 24.0 Å². The largest absolute Gasteiger partial charge is 0.335 e. The summed E-state index contributed by atoms with van der Waals surface area (Å²) in [6.45, 7) is 13.6. The summed E-state index contributed by atoms with van der Waals surface area (Å²) in [7, 11) is 2.01. The molecule has 0 bridgehead atoms. The van der Waals surface area contributed by atoms with Crippen molar-refractivity contribution in [2.24, 2.45) is 4.99 Å². The summed E-state index contributed by atoms with van der Waals surface area (Å²) in [5, 5.41) is 0. The molecule has 0 aliphatic carbocycles. The predicted octanol–water partition coefficient (Wildman–Crippen LogP) is 5.63. The summed E-state index contributed by atoms with van der Waals surface area (Å²) in [6.07, 6.45) is 9.31. The maximum Gasteiger partial charge on any atom is 0.272 e. The number of likely N-dealkylation sites (tertiary alicyclic amines) is 1. The first-order valence-corrected chi connectivity index (χ1v) is 11.1. The summed E-state index contributed by atoms with van der Waals surface area (Å²) in [4.78, 5) is 22.2. The van der Waals surface area contributed by atoms with Crippen molar-refractivity contribution in [3.05, 3.63) is 65.1 Å². The number of carbonyl (C=O) groups is 1. The minimum atomic E-state index is 0.0477. The minimum Gasteiger partial charge on any atom is -0.335 e. The molecular formula is C26H35N3O. The number of aliphatic imine (C=N–C) groups is 1. The highest BCUT2D eigenvalue weighted by Crippen LogP contribution is 2.27. The van der Waals surface area contributed by atoms with E-state index in [1.54, 1.807) is 0 Å². The van der Waals surface area contributed by atoms with Gasteiger partial charge in [0.15, 0.2) is 0 Å². The molecule has 2 aliphatic rings. The topological polar surface area (TPSA) is 35.9 Å². The fourth-order valence-electron chi connectivity index (χ4n) is 4.34. The second-order valence-corrected chi connectivity index (χ2v) is 8.59. The summed E-state index contributed by atoms with van der Waals surface area (Å²) in [5.41, 5.74) is 6.08. The van der Waals surface area contributed by atoms with Crippen LogP contribution in [0.5, 0.6) is 0 Å². The normalized spacial score (nSPS) is 21.2. The van der Waals surface area contributed by atoms with Gasteiger partial charge in [0.1, 0.15) is 11.5 Å². The Balaban J connectivity index is 1.94. The zero-order valence-electron chi connectivity index (χ0n) is 19.2. The van der Waals surface area contributed by atoms with Gasteiger partial charge in [0, 0.05) is 25.3 Å². The Labute approximate surface area is 181 Å². The van der Waals surface area contributed by atoms with Crippen LogP contribution in [0, 0.1) is 13.8 Å². The summed E-state index contributed by atoms with van der Waals surface area (Å²) >= 11 is 0. The van der Waals surface area contributed by atoms with E-state index in [4.69, 9.17) is 4.99 Å². The fourth-order valence-corrected chi connectivity index (χ4v) is 4.34. The van der Waals surface area contributed by atoms with Crippen LogP contribution in [-0.4, -0.2) is 41.1 Å². The number of rotatable bonds is 4. The molecule has 4 heteroatoms. The molecule has 1 fully saturated rings. The third-order valence-corrected chi connectivity index (χ3v) is 6.24. The monoisotopic (exact) mass is 405 g/mol. The number of nitrogens with zero attached hydrogens (tertiary/aromatic N) is 3. The Morgan fingerprint density at radius 2 is 2.03 bits per heavy atom. The maximum atomic E-state index is 13.4. The number of aryl methyl sites for hydroxylation is 2. The summed E-state index contributed by atoms with van der Waals surface area (Å²) in [5.74, 6) is 0.816. The van der Waals surface area contributed by atoms with Crippen molar-refractivity contribution in [1.29, 1.82) is 0 Å². The van der Waals surface area contributed by atoms with E-state index < -0.39 is 0 Å². The highest BCUT2D eigenvalue weighted by Gasteiger charge is 2.28. The van der Waals surface area contributed by atoms with Crippen LogP contribution in [0.2, 0.25) is 0 Å². The van der Waals surface area contributed by atoms with E-state index in [-0.39, 0.29) is 11.9 Å². The molecule has 1 atom stereocenters. The zero-order valence-corrected chi connectivity index (χ0v) is 19.2. The van der Waals surface area contributed by atoms with Gasteiger partial charge in [-0.15, -0.1) is 0 Å². The molecule has 160 valence electrons. The van der Waals surface area contributed by atoms with Crippen LogP contribution < -0.4 is 0 Å². The Morgan fingerprint density at radius 1 is 1.27 bits per heavy atom. The molecule has 0 N–H and O–H groups in total. The maximum absolute atomic E-state index is 13.4. The van der Waals surface area contributed by atoms with Crippen LogP contribution in [0.4, 0.5) is 0 Å². The van der Waals surface area contributed by atoms with Crippen LogP contribution in [0.25, 0.3) is 5.57 Å². The molecule has 1 aromatic rings. The molecular weight excluding hydrogens is 370 g/mol. The lowest BCUT2D eigenvalue weighted by molar-refractivity contribution is -0.125. The van der Waals surface area contributed by atoms with Crippen LogP contribution in [0.1, 0.15) is 62.6 Å². The standard InChI is InChI=1S/C26H35N3O/c1-7-22-17-24(26(30)29-14-10-8-9-11-21(29)5)27-25(28(22)6)16-20(4)23-13-12-18(2)15-19(23)3/h12-13,15-17,21H,4,7-11,14H2,1-3,5-6H3/b25-16-. The third-order valence-electron chi connectivity index (χ3n) is 6.24. The molecule has 2 heterocycles. The van der Waals surface area contributed by atoms with E-state index in [0.717, 1.165) is 48.5 Å². The second kappa shape index (κ2) is 9.46. The molecule has 0 spiro atoms. The molecule has 3 rings (SSSR count). The SMILES string of the molecule is C=C(/C=C1/N=C(C(=O)N2CCCCCC2C)C=C(CC)N1C)c1ccc(C)cc1C. The van der Waals surface area contributed by atoms with Gasteiger partial charge in [-0.2, -0.15) is 0 Å². The quantitative estimate of drug-likeness (QED) is 0.651. The lowest BCUT2D eigenvalue weighted by Gasteiger charge is -2.31. The van der Waals surface area contributed by atoms with Crippen molar-refractivity contribution < 1.29 is 4.79 Å². The Bertz CT molecular complexity index is 922. The van der Waals surface area contributed by atoms with Gasteiger partial charge in [0.2, 0.25) is 0 Å². The molecule has 2 aliphatic heterocycles. The van der Waals surface area contributed by atoms with Crippen molar-refractivity contribution in [1.82, 2.24) is 9.80 Å². The smallest absolute Gasteiger partial charge is 0.272 e. The first-order chi connectivity index (χ1) is 14.3. The van der Waals surface area contributed by atoms with E-state index in [9.17, 15) is 4.79 Å². The first kappa shape index (κ1) is 22.1. The average Bonchev–Trinajstić information content (AvgIpc) is 2.93. The highest BCUT2D eigenvalue weighted by atomic mass is 16.2. The first-order valence-electron chi connectivity index (χ1n) is 11.1. The van der Waals surface area contributed by atoms with Gasteiger partial charge in [-0.1, -0.05) is 50.1 Å². The van der Waals surface area contributed by atoms with Gasteiger partial charge in [0.25, 0.3) is 5.91 Å². The number of benzene rings is 1. The molecule has 1 saturated heterocycles. The van der Waals surface area contributed by atoms with Gasteiger partial charge < -0.3 is 9.80 Å². The third kappa shape index (κ3) is 4.75. The molecule has 4 nitrogen and oxygen atoms in total. The number of allylic oxidation sites excluding steroid dienone is 3.